The van der Waals surface area contributed by atoms with Crippen molar-refractivity contribution < 1.29 is 14.3 Å². The predicted octanol–water partition coefficient (Wildman–Crippen LogP) is 2.89. The van der Waals surface area contributed by atoms with E-state index in [1.807, 2.05) is 0 Å². The number of hydrogen-bond acceptors (Lipinski definition) is 3. The van der Waals surface area contributed by atoms with Gasteiger partial charge in [-0.25, -0.2) is 0 Å². The molecule has 0 aliphatic rings. The van der Waals surface area contributed by atoms with E-state index < -0.39 is 6.10 Å². The predicted molar refractivity (Wildman–Crippen MR) is 57.1 cm³/mol. The number of rotatable bonds is 5. The number of furan rings is 1. The Morgan fingerprint density at radius 1 is 1.64 bits per heavy atom. The van der Waals surface area contributed by atoms with Crippen LogP contribution in [0.2, 0.25) is 0 Å². The van der Waals surface area contributed by atoms with Gasteiger partial charge in [0.25, 0.3) is 0 Å². The van der Waals surface area contributed by atoms with Gasteiger partial charge in [-0.3, -0.25) is 0 Å². The average molecular weight is 263 g/mol. The zero-order chi connectivity index (χ0) is 10.6. The summed E-state index contributed by atoms with van der Waals surface area (Å²) >= 11 is 3.31. The lowest BCUT2D eigenvalue weighted by molar-refractivity contribution is -0.0282. The van der Waals surface area contributed by atoms with E-state index in [1.54, 1.807) is 19.4 Å². The lowest BCUT2D eigenvalue weighted by Gasteiger charge is -2.19. The van der Waals surface area contributed by atoms with Crippen LogP contribution in [0.5, 0.6) is 0 Å². The molecule has 0 amide bonds. The highest BCUT2D eigenvalue weighted by atomic mass is 79.9. The average Bonchev–Trinajstić information content (AvgIpc) is 2.59. The second-order valence-electron chi connectivity index (χ2n) is 3.14. The molecule has 1 rings (SSSR count). The molecule has 0 aromatic carbocycles. The van der Waals surface area contributed by atoms with Gasteiger partial charge in [-0.2, -0.15) is 0 Å². The minimum atomic E-state index is -0.704. The third kappa shape index (κ3) is 2.59. The fraction of sp³-hybridized carbons (Fsp3) is 0.600. The van der Waals surface area contributed by atoms with Gasteiger partial charge in [0.2, 0.25) is 0 Å². The molecule has 2 atom stereocenters. The largest absolute Gasteiger partial charge is 0.465 e. The molecule has 1 aromatic rings. The van der Waals surface area contributed by atoms with Crippen molar-refractivity contribution in [1.82, 2.24) is 0 Å². The van der Waals surface area contributed by atoms with Crippen molar-refractivity contribution in [3.8, 4) is 0 Å². The monoisotopic (exact) mass is 262 g/mol. The van der Waals surface area contributed by atoms with Crippen LogP contribution in [-0.4, -0.2) is 18.3 Å². The van der Waals surface area contributed by atoms with Crippen LogP contribution in [0, 0.1) is 0 Å². The molecule has 0 bridgehead atoms. The van der Waals surface area contributed by atoms with Crippen molar-refractivity contribution >= 4 is 15.9 Å². The molecule has 0 spiro atoms. The van der Waals surface area contributed by atoms with Crippen molar-refractivity contribution in [3.05, 3.63) is 22.6 Å². The Morgan fingerprint density at radius 3 is 2.79 bits per heavy atom. The molecule has 14 heavy (non-hydrogen) atoms. The van der Waals surface area contributed by atoms with Gasteiger partial charge in [-0.05, 0) is 28.4 Å². The van der Waals surface area contributed by atoms with Gasteiger partial charge >= 0.3 is 0 Å². The first kappa shape index (κ1) is 11.8. The van der Waals surface area contributed by atoms with E-state index in [-0.39, 0.29) is 6.10 Å². The first-order valence-corrected chi connectivity index (χ1v) is 5.43. The van der Waals surface area contributed by atoms with Crippen LogP contribution in [0.25, 0.3) is 0 Å². The molecule has 80 valence electrons. The Labute approximate surface area is 92.2 Å². The molecule has 0 fully saturated rings. The lowest BCUT2D eigenvalue weighted by atomic mass is 10.1. The molecule has 3 nitrogen and oxygen atoms in total. The van der Waals surface area contributed by atoms with Crippen molar-refractivity contribution in [3.63, 3.8) is 0 Å². The van der Waals surface area contributed by atoms with E-state index in [0.717, 1.165) is 17.3 Å². The zero-order valence-corrected chi connectivity index (χ0v) is 9.95. The Morgan fingerprint density at radius 2 is 2.36 bits per heavy atom. The summed E-state index contributed by atoms with van der Waals surface area (Å²) < 4.78 is 11.2. The molecule has 4 heteroatoms. The van der Waals surface area contributed by atoms with E-state index in [4.69, 9.17) is 9.15 Å². The van der Waals surface area contributed by atoms with Gasteiger partial charge in [-0.1, -0.05) is 13.3 Å². The molecule has 2 unspecified atom stereocenters. The van der Waals surface area contributed by atoms with E-state index in [0.29, 0.717) is 5.76 Å². The van der Waals surface area contributed by atoms with Crippen LogP contribution in [0.4, 0.5) is 0 Å². The Balaban J connectivity index is 2.72. The Hall–Kier alpha value is -0.320. The quantitative estimate of drug-likeness (QED) is 0.888. The van der Waals surface area contributed by atoms with Gasteiger partial charge in [0.1, 0.15) is 11.9 Å². The molecule has 1 heterocycles. The second-order valence-corrected chi connectivity index (χ2v) is 3.99. The standard InChI is InChI=1S/C10H15BrO3/c1-3-4-8(13-2)9(12)10-7(11)5-6-14-10/h5-6,8-9,12H,3-4H2,1-2H3. The fourth-order valence-corrected chi connectivity index (χ4v) is 1.81. The molecule has 1 N–H and O–H groups in total. The lowest BCUT2D eigenvalue weighted by Crippen LogP contribution is -2.20. The molecule has 1 aromatic heterocycles. The van der Waals surface area contributed by atoms with Crippen LogP contribution in [-0.2, 0) is 4.74 Å². The highest BCUT2D eigenvalue weighted by Crippen LogP contribution is 2.29. The topological polar surface area (TPSA) is 42.6 Å². The van der Waals surface area contributed by atoms with E-state index >= 15 is 0 Å². The van der Waals surface area contributed by atoms with Crippen LogP contribution in [0.15, 0.2) is 21.2 Å². The smallest absolute Gasteiger partial charge is 0.149 e. The van der Waals surface area contributed by atoms with Crippen LogP contribution in [0.1, 0.15) is 31.6 Å². The minimum Gasteiger partial charge on any atom is -0.465 e. The van der Waals surface area contributed by atoms with Crippen LogP contribution in [0.3, 0.4) is 0 Å². The van der Waals surface area contributed by atoms with Gasteiger partial charge in [0.05, 0.1) is 16.8 Å². The molecular weight excluding hydrogens is 248 g/mol. The normalized spacial score (nSPS) is 15.4. The van der Waals surface area contributed by atoms with E-state index in [9.17, 15) is 5.11 Å². The number of aliphatic hydroxyl groups is 1. The van der Waals surface area contributed by atoms with Gasteiger partial charge < -0.3 is 14.3 Å². The minimum absolute atomic E-state index is 0.206. The van der Waals surface area contributed by atoms with Gasteiger partial charge in [0.15, 0.2) is 0 Å². The maximum atomic E-state index is 9.93. The maximum Gasteiger partial charge on any atom is 0.149 e. The van der Waals surface area contributed by atoms with Crippen LogP contribution < -0.4 is 0 Å². The van der Waals surface area contributed by atoms with Gasteiger partial charge in [0, 0.05) is 7.11 Å². The van der Waals surface area contributed by atoms with E-state index in [1.165, 1.54) is 0 Å². The molecule has 0 aliphatic carbocycles. The van der Waals surface area contributed by atoms with Crippen LogP contribution >= 0.6 is 15.9 Å². The molecule has 0 aliphatic heterocycles. The SMILES string of the molecule is CCCC(OC)C(O)c1occc1Br. The second kappa shape index (κ2) is 5.53. The summed E-state index contributed by atoms with van der Waals surface area (Å²) in [5, 5.41) is 9.93. The maximum absolute atomic E-state index is 9.93. The van der Waals surface area contributed by atoms with Gasteiger partial charge in [-0.15, -0.1) is 0 Å². The zero-order valence-electron chi connectivity index (χ0n) is 8.37. The summed E-state index contributed by atoms with van der Waals surface area (Å²) in [6, 6.07) is 1.76. The third-order valence-corrected chi connectivity index (χ3v) is 2.80. The summed E-state index contributed by atoms with van der Waals surface area (Å²) in [6.07, 6.45) is 2.41. The number of halogens is 1. The number of ether oxygens (including phenoxy) is 1. The molecule has 0 radical (unpaired) electrons. The van der Waals surface area contributed by atoms with Crippen molar-refractivity contribution in [1.29, 1.82) is 0 Å². The summed E-state index contributed by atoms with van der Waals surface area (Å²) in [4.78, 5) is 0. The first-order chi connectivity index (χ1) is 6.70. The number of aliphatic hydroxyl groups excluding tert-OH is 1. The number of methoxy groups -OCH3 is 1. The van der Waals surface area contributed by atoms with E-state index in [2.05, 4.69) is 22.9 Å². The number of hydrogen-bond donors (Lipinski definition) is 1. The highest BCUT2D eigenvalue weighted by Gasteiger charge is 2.24. The third-order valence-electron chi connectivity index (χ3n) is 2.14. The molecular formula is C10H15BrO3. The highest BCUT2D eigenvalue weighted by molar-refractivity contribution is 9.10. The van der Waals surface area contributed by atoms with Crippen molar-refractivity contribution in [2.45, 2.75) is 32.0 Å². The van der Waals surface area contributed by atoms with Crippen molar-refractivity contribution in [2.75, 3.05) is 7.11 Å². The summed E-state index contributed by atoms with van der Waals surface area (Å²) in [5.74, 6) is 0.533. The summed E-state index contributed by atoms with van der Waals surface area (Å²) in [7, 11) is 1.60. The Bertz CT molecular complexity index is 272. The van der Waals surface area contributed by atoms with Crippen molar-refractivity contribution in [2.24, 2.45) is 0 Å². The molecule has 0 saturated carbocycles. The summed E-state index contributed by atoms with van der Waals surface area (Å²) in [6.45, 7) is 2.05. The first-order valence-electron chi connectivity index (χ1n) is 4.64. The molecule has 0 saturated heterocycles. The fourth-order valence-electron chi connectivity index (χ4n) is 1.37. The summed E-state index contributed by atoms with van der Waals surface area (Å²) in [5.41, 5.74) is 0. The Kier molecular flexibility index (Phi) is 4.65.